The zero-order chi connectivity index (χ0) is 21.3. The van der Waals surface area contributed by atoms with Crippen molar-refractivity contribution in [1.82, 2.24) is 4.90 Å². The van der Waals surface area contributed by atoms with Crippen molar-refractivity contribution in [1.29, 1.82) is 0 Å². The molecule has 4 rings (SSSR count). The van der Waals surface area contributed by atoms with Crippen LogP contribution in [0, 0.1) is 24.4 Å². The summed E-state index contributed by atoms with van der Waals surface area (Å²) in [7, 11) is 0. The third kappa shape index (κ3) is 4.24. The number of anilines is 1. The van der Waals surface area contributed by atoms with Crippen molar-refractivity contribution in [3.63, 3.8) is 0 Å². The maximum absolute atomic E-state index is 14.1. The van der Waals surface area contributed by atoms with E-state index >= 15 is 0 Å². The Balaban J connectivity index is 1.33. The van der Waals surface area contributed by atoms with Crippen LogP contribution in [0.4, 0.5) is 18.9 Å². The van der Waals surface area contributed by atoms with E-state index in [0.717, 1.165) is 49.9 Å². The SMILES string of the molecule is Cc1c(Br)c(F)c(F)c(F)c1SCCN1CCN(c2cccc3c2OCCO3)CC1. The summed E-state index contributed by atoms with van der Waals surface area (Å²) in [6.45, 7) is 6.84. The zero-order valence-corrected chi connectivity index (χ0v) is 18.9. The van der Waals surface area contributed by atoms with Crippen LogP contribution in [0.15, 0.2) is 27.6 Å². The highest BCUT2D eigenvalue weighted by Gasteiger charge is 2.25. The van der Waals surface area contributed by atoms with Crippen LogP contribution in [0.5, 0.6) is 11.5 Å². The summed E-state index contributed by atoms with van der Waals surface area (Å²) >= 11 is 4.22. The van der Waals surface area contributed by atoms with Gasteiger partial charge in [-0.25, -0.2) is 13.2 Å². The van der Waals surface area contributed by atoms with E-state index in [1.165, 1.54) is 11.8 Å². The van der Waals surface area contributed by atoms with Crippen LogP contribution < -0.4 is 14.4 Å². The third-order valence-corrected chi connectivity index (χ3v) is 7.46. The van der Waals surface area contributed by atoms with E-state index in [2.05, 4.69) is 25.7 Å². The van der Waals surface area contributed by atoms with Gasteiger partial charge in [-0.1, -0.05) is 6.07 Å². The summed E-state index contributed by atoms with van der Waals surface area (Å²) in [5.74, 6) is -1.54. The first kappa shape index (κ1) is 21.6. The predicted octanol–water partition coefficient (Wildman–Crippen LogP) is 4.86. The molecule has 2 aromatic carbocycles. The summed E-state index contributed by atoms with van der Waals surface area (Å²) in [5.41, 5.74) is 1.43. The third-order valence-electron chi connectivity index (χ3n) is 5.36. The van der Waals surface area contributed by atoms with Gasteiger partial charge in [0.2, 0.25) is 0 Å². The van der Waals surface area contributed by atoms with Gasteiger partial charge in [-0.3, -0.25) is 4.90 Å². The molecule has 0 radical (unpaired) electrons. The lowest BCUT2D eigenvalue weighted by molar-refractivity contribution is 0.171. The number of fused-ring (bicyclic) bond motifs is 1. The number of hydrogen-bond donors (Lipinski definition) is 0. The lowest BCUT2D eigenvalue weighted by atomic mass is 10.2. The number of para-hydroxylation sites is 1. The number of nitrogens with zero attached hydrogens (tertiary/aromatic N) is 2. The molecule has 1 saturated heterocycles. The van der Waals surface area contributed by atoms with E-state index in [1.54, 1.807) is 6.92 Å². The Morgan fingerprint density at radius 1 is 1.00 bits per heavy atom. The van der Waals surface area contributed by atoms with E-state index in [4.69, 9.17) is 9.47 Å². The van der Waals surface area contributed by atoms with Crippen LogP contribution in [0.3, 0.4) is 0 Å². The van der Waals surface area contributed by atoms with Gasteiger partial charge in [-0.15, -0.1) is 11.8 Å². The fourth-order valence-electron chi connectivity index (χ4n) is 3.69. The van der Waals surface area contributed by atoms with Gasteiger partial charge in [0.05, 0.1) is 15.1 Å². The van der Waals surface area contributed by atoms with Gasteiger partial charge in [-0.2, -0.15) is 0 Å². The molecule has 0 spiro atoms. The molecule has 2 aliphatic heterocycles. The van der Waals surface area contributed by atoms with E-state index < -0.39 is 17.5 Å². The van der Waals surface area contributed by atoms with Crippen molar-refractivity contribution < 1.29 is 22.6 Å². The van der Waals surface area contributed by atoms with Gasteiger partial charge in [0.25, 0.3) is 0 Å². The molecule has 0 unspecified atom stereocenters. The molecule has 0 bridgehead atoms. The van der Waals surface area contributed by atoms with E-state index in [-0.39, 0.29) is 9.37 Å². The first-order valence-electron chi connectivity index (χ1n) is 9.78. The van der Waals surface area contributed by atoms with Crippen molar-refractivity contribution in [2.24, 2.45) is 0 Å². The highest BCUT2D eigenvalue weighted by molar-refractivity contribution is 9.10. The Morgan fingerprint density at radius 2 is 1.73 bits per heavy atom. The molecule has 0 amide bonds. The quantitative estimate of drug-likeness (QED) is 0.330. The lowest BCUT2D eigenvalue weighted by Crippen LogP contribution is -2.47. The molecule has 0 aromatic heterocycles. The van der Waals surface area contributed by atoms with Crippen molar-refractivity contribution >= 4 is 33.4 Å². The molecule has 4 nitrogen and oxygen atoms in total. The van der Waals surface area contributed by atoms with E-state index in [0.29, 0.717) is 24.5 Å². The molecular weight excluding hydrogens is 481 g/mol. The number of ether oxygens (including phenoxy) is 2. The summed E-state index contributed by atoms with van der Waals surface area (Å²) < 4.78 is 52.9. The van der Waals surface area contributed by atoms with Crippen LogP contribution in [0.1, 0.15) is 5.56 Å². The molecule has 2 aromatic rings. The van der Waals surface area contributed by atoms with Crippen LogP contribution in [0.2, 0.25) is 0 Å². The summed E-state index contributed by atoms with van der Waals surface area (Å²) in [5, 5.41) is 0. The lowest BCUT2D eigenvalue weighted by Gasteiger charge is -2.37. The molecule has 162 valence electrons. The molecule has 0 saturated carbocycles. The van der Waals surface area contributed by atoms with Crippen LogP contribution in [0.25, 0.3) is 0 Å². The van der Waals surface area contributed by atoms with Crippen molar-refractivity contribution in [3.8, 4) is 11.5 Å². The Hall–Kier alpha value is -1.58. The second-order valence-corrected chi connectivity index (χ2v) is 9.09. The number of benzene rings is 2. The average Bonchev–Trinajstić information content (AvgIpc) is 2.79. The minimum atomic E-state index is -1.43. The highest BCUT2D eigenvalue weighted by atomic mass is 79.9. The number of piperazine rings is 1. The van der Waals surface area contributed by atoms with Crippen molar-refractivity contribution in [2.45, 2.75) is 11.8 Å². The minimum Gasteiger partial charge on any atom is -0.486 e. The fourth-order valence-corrected chi connectivity index (χ4v) is 5.28. The normalized spacial score (nSPS) is 16.8. The number of hydrogen-bond acceptors (Lipinski definition) is 5. The number of thioether (sulfide) groups is 1. The second kappa shape index (κ2) is 9.28. The Kier molecular flexibility index (Phi) is 6.69. The Morgan fingerprint density at radius 3 is 2.50 bits per heavy atom. The second-order valence-electron chi connectivity index (χ2n) is 7.19. The highest BCUT2D eigenvalue weighted by Crippen LogP contribution is 2.40. The summed E-state index contributed by atoms with van der Waals surface area (Å²) in [6.07, 6.45) is 0. The number of halogens is 4. The topological polar surface area (TPSA) is 24.9 Å². The first-order chi connectivity index (χ1) is 14.5. The molecular formula is C21H22BrF3N2O2S. The van der Waals surface area contributed by atoms with E-state index in [9.17, 15) is 13.2 Å². The maximum Gasteiger partial charge on any atom is 0.196 e. The minimum absolute atomic E-state index is 0.0186. The molecule has 30 heavy (non-hydrogen) atoms. The Labute approximate surface area is 186 Å². The van der Waals surface area contributed by atoms with Gasteiger partial charge < -0.3 is 14.4 Å². The molecule has 0 atom stereocenters. The van der Waals surface area contributed by atoms with Gasteiger partial charge in [-0.05, 0) is 40.5 Å². The predicted molar refractivity (Wildman–Crippen MR) is 116 cm³/mol. The van der Waals surface area contributed by atoms with Gasteiger partial charge in [0.15, 0.2) is 29.0 Å². The van der Waals surface area contributed by atoms with Crippen LogP contribution >= 0.6 is 27.7 Å². The molecule has 9 heteroatoms. The zero-order valence-electron chi connectivity index (χ0n) is 16.5. The smallest absolute Gasteiger partial charge is 0.196 e. The fraction of sp³-hybridized carbons (Fsp3) is 0.429. The number of rotatable bonds is 5. The molecule has 0 N–H and O–H groups in total. The average molecular weight is 503 g/mol. The van der Waals surface area contributed by atoms with Gasteiger partial charge in [0, 0.05) is 38.5 Å². The van der Waals surface area contributed by atoms with E-state index in [1.807, 2.05) is 18.2 Å². The van der Waals surface area contributed by atoms with Crippen LogP contribution in [-0.2, 0) is 0 Å². The Bertz CT molecular complexity index is 910. The van der Waals surface area contributed by atoms with Gasteiger partial charge in [0.1, 0.15) is 13.2 Å². The monoisotopic (exact) mass is 502 g/mol. The van der Waals surface area contributed by atoms with Crippen molar-refractivity contribution in [3.05, 3.63) is 45.7 Å². The molecule has 2 heterocycles. The maximum atomic E-state index is 14.1. The molecule has 0 aliphatic carbocycles. The van der Waals surface area contributed by atoms with Gasteiger partial charge >= 0.3 is 0 Å². The summed E-state index contributed by atoms with van der Waals surface area (Å²) in [4.78, 5) is 4.73. The standard InChI is InChI=1S/C21H22BrF3N2O2S/c1-13-16(22)17(23)18(24)19(25)21(13)30-12-9-26-5-7-27(8-6-26)14-3-2-4-15-20(14)29-11-10-28-15/h2-4H,5-12H2,1H3. The van der Waals surface area contributed by atoms with Crippen LogP contribution in [-0.4, -0.2) is 56.6 Å². The first-order valence-corrected chi connectivity index (χ1v) is 11.6. The molecule has 1 fully saturated rings. The molecule has 2 aliphatic rings. The van der Waals surface area contributed by atoms with Crippen molar-refractivity contribution in [2.75, 3.05) is 56.6 Å². The largest absolute Gasteiger partial charge is 0.486 e. The summed E-state index contributed by atoms with van der Waals surface area (Å²) in [6, 6.07) is 5.94.